The first-order valence-corrected chi connectivity index (χ1v) is 1.75. The van der Waals surface area contributed by atoms with Crippen molar-refractivity contribution in [2.24, 2.45) is 5.10 Å². The summed E-state index contributed by atoms with van der Waals surface area (Å²) < 4.78 is 0. The Balaban J connectivity index is 3.08. The van der Waals surface area contributed by atoms with Crippen LogP contribution in [0.2, 0.25) is 0 Å². The Morgan fingerprint density at radius 1 is 1.71 bits per heavy atom. The standard InChI is InChI=1S/C4H6N2O/c1-2-3-5-6-4-7/h2-4H,1H2,(H,6,7). The molecule has 0 aromatic rings. The van der Waals surface area contributed by atoms with Gasteiger partial charge in [-0.1, -0.05) is 6.58 Å². The molecule has 1 amide bonds. The lowest BCUT2D eigenvalue weighted by molar-refractivity contribution is -0.109. The molecule has 0 fully saturated rings. The third-order valence-electron chi connectivity index (χ3n) is 0.307. The van der Waals surface area contributed by atoms with Gasteiger partial charge in [0.2, 0.25) is 6.41 Å². The summed E-state index contributed by atoms with van der Waals surface area (Å²) in [6.45, 7) is 3.33. The van der Waals surface area contributed by atoms with Crippen LogP contribution < -0.4 is 5.43 Å². The van der Waals surface area contributed by atoms with E-state index in [-0.39, 0.29) is 0 Å². The highest BCUT2D eigenvalue weighted by atomic mass is 16.1. The summed E-state index contributed by atoms with van der Waals surface area (Å²) in [5.41, 5.74) is 2.07. The fourth-order valence-electron chi connectivity index (χ4n) is 0.126. The van der Waals surface area contributed by atoms with E-state index in [4.69, 9.17) is 0 Å². The molecule has 0 spiro atoms. The van der Waals surface area contributed by atoms with E-state index in [9.17, 15) is 4.79 Å². The number of hydrogen-bond donors (Lipinski definition) is 1. The first-order chi connectivity index (χ1) is 3.41. The maximum Gasteiger partial charge on any atom is 0.227 e. The quantitative estimate of drug-likeness (QED) is 0.299. The number of nitrogens with zero attached hydrogens (tertiary/aromatic N) is 1. The van der Waals surface area contributed by atoms with Crippen molar-refractivity contribution in [1.82, 2.24) is 5.43 Å². The number of nitrogens with one attached hydrogen (secondary N) is 1. The normalized spacial score (nSPS) is 8.57. The maximum absolute atomic E-state index is 9.42. The van der Waals surface area contributed by atoms with E-state index in [1.165, 1.54) is 12.3 Å². The molecule has 1 N–H and O–H groups in total. The molecule has 0 saturated heterocycles. The van der Waals surface area contributed by atoms with E-state index in [2.05, 4.69) is 17.1 Å². The average Bonchev–Trinajstić information content (AvgIpc) is 1.69. The van der Waals surface area contributed by atoms with E-state index in [0.717, 1.165) is 0 Å². The molecule has 3 nitrogen and oxygen atoms in total. The van der Waals surface area contributed by atoms with Crippen molar-refractivity contribution in [1.29, 1.82) is 0 Å². The monoisotopic (exact) mass is 98.0 g/mol. The predicted molar refractivity (Wildman–Crippen MR) is 27.9 cm³/mol. The van der Waals surface area contributed by atoms with Gasteiger partial charge in [-0.3, -0.25) is 4.79 Å². The Kier molecular flexibility index (Phi) is 4.10. The van der Waals surface area contributed by atoms with Crippen LogP contribution in [0.15, 0.2) is 17.8 Å². The lowest BCUT2D eigenvalue weighted by Crippen LogP contribution is -1.98. The summed E-state index contributed by atoms with van der Waals surface area (Å²) in [6.07, 6.45) is 3.34. The van der Waals surface area contributed by atoms with Crippen molar-refractivity contribution in [2.75, 3.05) is 0 Å². The van der Waals surface area contributed by atoms with Crippen molar-refractivity contribution in [3.8, 4) is 0 Å². The number of rotatable bonds is 3. The second-order valence-corrected chi connectivity index (χ2v) is 0.761. The summed E-state index contributed by atoms with van der Waals surface area (Å²) in [6, 6.07) is 0. The molecule has 0 aliphatic rings. The van der Waals surface area contributed by atoms with E-state index in [1.54, 1.807) is 0 Å². The molecule has 0 rings (SSSR count). The van der Waals surface area contributed by atoms with Crippen molar-refractivity contribution in [3.05, 3.63) is 12.7 Å². The smallest absolute Gasteiger partial charge is 0.227 e. The molecule has 0 aliphatic carbocycles. The molecule has 3 heteroatoms. The van der Waals surface area contributed by atoms with Gasteiger partial charge in [0, 0.05) is 6.21 Å². The minimum atomic E-state index is 0.486. The average molecular weight is 98.1 g/mol. The molecule has 0 heterocycles. The lowest BCUT2D eigenvalue weighted by Gasteiger charge is -1.75. The number of hydrazone groups is 1. The highest BCUT2D eigenvalue weighted by Crippen LogP contribution is 1.50. The number of carbonyl (C=O) groups excluding carboxylic acids is 1. The zero-order valence-corrected chi connectivity index (χ0v) is 3.79. The van der Waals surface area contributed by atoms with Gasteiger partial charge in [0.15, 0.2) is 0 Å². The van der Waals surface area contributed by atoms with Crippen molar-refractivity contribution < 1.29 is 4.79 Å². The minimum absolute atomic E-state index is 0.486. The number of carbonyl (C=O) groups is 1. The van der Waals surface area contributed by atoms with Gasteiger partial charge >= 0.3 is 0 Å². The second-order valence-electron chi connectivity index (χ2n) is 0.761. The summed E-state index contributed by atoms with van der Waals surface area (Å²) in [5, 5.41) is 3.35. The molecule has 0 unspecified atom stereocenters. The van der Waals surface area contributed by atoms with Crippen LogP contribution in [0.1, 0.15) is 0 Å². The van der Waals surface area contributed by atoms with E-state index >= 15 is 0 Å². The van der Waals surface area contributed by atoms with Crippen LogP contribution in [0.3, 0.4) is 0 Å². The Labute approximate surface area is 41.7 Å². The zero-order valence-electron chi connectivity index (χ0n) is 3.79. The van der Waals surface area contributed by atoms with Gasteiger partial charge in [-0.05, 0) is 6.08 Å². The predicted octanol–water partition coefficient (Wildman–Crippen LogP) is -0.0958. The molecule has 0 bridgehead atoms. The largest absolute Gasteiger partial charge is 0.277 e. The second kappa shape index (κ2) is 4.88. The van der Waals surface area contributed by atoms with Gasteiger partial charge in [0.25, 0.3) is 0 Å². The minimum Gasteiger partial charge on any atom is -0.277 e. The summed E-state index contributed by atoms with van der Waals surface area (Å²) in [5.74, 6) is 0. The Morgan fingerprint density at radius 2 is 2.43 bits per heavy atom. The first kappa shape index (κ1) is 5.88. The summed E-state index contributed by atoms with van der Waals surface area (Å²) >= 11 is 0. The molecule has 0 aromatic heterocycles. The van der Waals surface area contributed by atoms with Crippen molar-refractivity contribution in [2.45, 2.75) is 0 Å². The molecule has 0 saturated carbocycles. The van der Waals surface area contributed by atoms with Gasteiger partial charge in [0.05, 0.1) is 0 Å². The molecule has 0 aromatic carbocycles. The van der Waals surface area contributed by atoms with Crippen molar-refractivity contribution in [3.63, 3.8) is 0 Å². The van der Waals surface area contributed by atoms with Crippen LogP contribution in [-0.2, 0) is 4.79 Å². The van der Waals surface area contributed by atoms with Gasteiger partial charge in [-0.2, -0.15) is 5.10 Å². The molecule has 0 atom stereocenters. The van der Waals surface area contributed by atoms with Gasteiger partial charge in [-0.25, -0.2) is 5.43 Å². The highest BCUT2D eigenvalue weighted by Gasteiger charge is 1.58. The third kappa shape index (κ3) is 4.88. The van der Waals surface area contributed by atoms with Crippen LogP contribution in [-0.4, -0.2) is 12.6 Å². The van der Waals surface area contributed by atoms with Crippen LogP contribution >= 0.6 is 0 Å². The molecular formula is C4H6N2O. The molecular weight excluding hydrogens is 92.1 g/mol. The Morgan fingerprint density at radius 3 is 2.86 bits per heavy atom. The van der Waals surface area contributed by atoms with Crippen LogP contribution in [0.5, 0.6) is 0 Å². The Bertz CT molecular complexity index is 87.7. The third-order valence-corrected chi connectivity index (χ3v) is 0.307. The van der Waals surface area contributed by atoms with Gasteiger partial charge in [0.1, 0.15) is 0 Å². The molecule has 0 aliphatic heterocycles. The van der Waals surface area contributed by atoms with Crippen LogP contribution in [0, 0.1) is 0 Å². The fourth-order valence-corrected chi connectivity index (χ4v) is 0.126. The molecule has 0 radical (unpaired) electrons. The van der Waals surface area contributed by atoms with E-state index in [1.807, 2.05) is 0 Å². The number of allylic oxidation sites excluding steroid dienone is 1. The molecule has 38 valence electrons. The maximum atomic E-state index is 9.42. The van der Waals surface area contributed by atoms with Crippen molar-refractivity contribution >= 4 is 12.6 Å². The lowest BCUT2D eigenvalue weighted by atomic mass is 10.7. The summed E-state index contributed by atoms with van der Waals surface area (Å²) in [4.78, 5) is 9.42. The molecule has 7 heavy (non-hydrogen) atoms. The fraction of sp³-hybridized carbons (Fsp3) is 0. The van der Waals surface area contributed by atoms with Crippen LogP contribution in [0.4, 0.5) is 0 Å². The SMILES string of the molecule is C=CC=NNC=O. The Hall–Kier alpha value is -1.12. The highest BCUT2D eigenvalue weighted by molar-refractivity contribution is 5.70. The van der Waals surface area contributed by atoms with E-state index < -0.39 is 0 Å². The van der Waals surface area contributed by atoms with Gasteiger partial charge < -0.3 is 0 Å². The van der Waals surface area contributed by atoms with E-state index in [0.29, 0.717) is 6.41 Å². The zero-order chi connectivity index (χ0) is 5.54. The number of hydrogen-bond acceptors (Lipinski definition) is 2. The first-order valence-electron chi connectivity index (χ1n) is 1.75. The van der Waals surface area contributed by atoms with Crippen LogP contribution in [0.25, 0.3) is 0 Å². The topological polar surface area (TPSA) is 41.5 Å². The number of amides is 1. The summed E-state index contributed by atoms with van der Waals surface area (Å²) in [7, 11) is 0. The van der Waals surface area contributed by atoms with Gasteiger partial charge in [-0.15, -0.1) is 0 Å².